The first kappa shape index (κ1) is 27.0. The lowest BCUT2D eigenvalue weighted by Gasteiger charge is -2.24. The highest BCUT2D eigenvalue weighted by atomic mass is 16.4. The van der Waals surface area contributed by atoms with E-state index in [-0.39, 0.29) is 12.3 Å². The number of amides is 3. The molecule has 0 spiro atoms. The fourth-order valence-corrected chi connectivity index (χ4v) is 2.92. The average molecular weight is 454 g/mol. The van der Waals surface area contributed by atoms with Crippen molar-refractivity contribution >= 4 is 23.7 Å². The number of carboxylic acid groups (broad SMARTS) is 1. The van der Waals surface area contributed by atoms with Gasteiger partial charge >= 0.3 is 5.97 Å². The van der Waals surface area contributed by atoms with E-state index in [0.29, 0.717) is 25.1 Å². The van der Waals surface area contributed by atoms with Crippen molar-refractivity contribution in [2.24, 2.45) is 17.4 Å². The minimum atomic E-state index is -1.18. The van der Waals surface area contributed by atoms with Crippen LogP contribution in [-0.2, 0) is 25.6 Å². The van der Waals surface area contributed by atoms with Crippen molar-refractivity contribution in [2.75, 3.05) is 6.54 Å². The Balaban J connectivity index is 2.80. The van der Waals surface area contributed by atoms with Gasteiger partial charge in [-0.3, -0.25) is 14.4 Å². The molecular weight excluding hydrogens is 418 g/mol. The lowest BCUT2D eigenvalue weighted by atomic mass is 10.0. The molecule has 0 bridgehead atoms. The van der Waals surface area contributed by atoms with Gasteiger partial charge in [0.15, 0.2) is 0 Å². The molecule has 0 saturated carbocycles. The number of hydrogen-bond donors (Lipinski definition) is 7. The number of unbranched alkanes of at least 4 members (excludes halogenated alkanes) is 1. The molecule has 1 aromatic rings. The minimum absolute atomic E-state index is 0.0568. The fourth-order valence-electron chi connectivity index (χ4n) is 2.92. The van der Waals surface area contributed by atoms with Crippen LogP contribution in [-0.4, -0.2) is 69.5 Å². The van der Waals surface area contributed by atoms with E-state index in [1.165, 1.54) is 19.4 Å². The topological polar surface area (TPSA) is 205 Å². The van der Waals surface area contributed by atoms with Gasteiger partial charge in [0.05, 0.1) is 12.4 Å². The highest BCUT2D eigenvalue weighted by Gasteiger charge is 2.30. The third-order valence-corrected chi connectivity index (χ3v) is 4.90. The van der Waals surface area contributed by atoms with Crippen LogP contribution < -0.4 is 27.4 Å². The Morgan fingerprint density at radius 2 is 1.75 bits per heavy atom. The van der Waals surface area contributed by atoms with Crippen molar-refractivity contribution in [3.05, 3.63) is 18.2 Å². The van der Waals surface area contributed by atoms with Gasteiger partial charge in [-0.1, -0.05) is 20.3 Å². The van der Waals surface area contributed by atoms with Crippen molar-refractivity contribution in [2.45, 2.75) is 70.6 Å². The summed E-state index contributed by atoms with van der Waals surface area (Å²) in [5, 5.41) is 16.9. The molecule has 180 valence electrons. The van der Waals surface area contributed by atoms with Crippen molar-refractivity contribution in [3.8, 4) is 0 Å². The quantitative estimate of drug-likeness (QED) is 0.167. The lowest BCUT2D eigenvalue weighted by molar-refractivity contribution is -0.143. The van der Waals surface area contributed by atoms with Crippen molar-refractivity contribution in [1.29, 1.82) is 0 Å². The molecule has 9 N–H and O–H groups in total. The summed E-state index contributed by atoms with van der Waals surface area (Å²) in [6.45, 7) is 5.30. The number of aliphatic carboxylic acids is 1. The predicted molar refractivity (Wildman–Crippen MR) is 117 cm³/mol. The standard InChI is InChI=1S/C20H35N7O5/c1-11(2)16(20(31)32)27-19(30)15(8-13-9-23-10-24-13)26-17(28)12(3)25-18(29)14(22)6-4-5-7-21/h9-12,14-16H,4-8,21-22H2,1-3H3,(H,23,24)(H,25,29)(H,26,28)(H,27,30)(H,31,32). The molecular formula is C20H35N7O5. The Hall–Kier alpha value is -2.99. The smallest absolute Gasteiger partial charge is 0.326 e. The summed E-state index contributed by atoms with van der Waals surface area (Å²) in [6, 6.07) is -3.93. The van der Waals surface area contributed by atoms with Gasteiger partial charge in [0, 0.05) is 18.3 Å². The van der Waals surface area contributed by atoms with E-state index in [1.807, 2.05) is 0 Å². The van der Waals surface area contributed by atoms with E-state index in [2.05, 4.69) is 25.9 Å². The molecule has 4 atom stereocenters. The maximum atomic E-state index is 12.8. The summed E-state index contributed by atoms with van der Waals surface area (Å²) < 4.78 is 0. The highest BCUT2D eigenvalue weighted by Crippen LogP contribution is 2.05. The number of nitrogens with two attached hydrogens (primary N) is 2. The van der Waals surface area contributed by atoms with E-state index in [1.54, 1.807) is 13.8 Å². The largest absolute Gasteiger partial charge is 0.480 e. The van der Waals surface area contributed by atoms with E-state index < -0.39 is 47.9 Å². The van der Waals surface area contributed by atoms with Crippen molar-refractivity contribution in [3.63, 3.8) is 0 Å². The van der Waals surface area contributed by atoms with Gasteiger partial charge < -0.3 is 37.5 Å². The van der Waals surface area contributed by atoms with Crippen LogP contribution >= 0.6 is 0 Å². The molecule has 0 aliphatic heterocycles. The van der Waals surface area contributed by atoms with Crippen LogP contribution in [0.2, 0.25) is 0 Å². The number of aromatic amines is 1. The second-order valence-electron chi connectivity index (χ2n) is 8.03. The molecule has 0 aromatic carbocycles. The molecule has 1 rings (SSSR count). The van der Waals surface area contributed by atoms with Crippen molar-refractivity contribution in [1.82, 2.24) is 25.9 Å². The van der Waals surface area contributed by atoms with Crippen LogP contribution in [0.15, 0.2) is 12.5 Å². The number of rotatable bonds is 14. The van der Waals surface area contributed by atoms with Crippen LogP contribution in [0.5, 0.6) is 0 Å². The second-order valence-corrected chi connectivity index (χ2v) is 8.03. The summed E-state index contributed by atoms with van der Waals surface area (Å²) in [5.74, 6) is -3.29. The number of carboxylic acids is 1. The Morgan fingerprint density at radius 3 is 2.28 bits per heavy atom. The van der Waals surface area contributed by atoms with Crippen LogP contribution in [0.1, 0.15) is 45.7 Å². The normalized spacial score (nSPS) is 14.8. The number of aromatic nitrogens is 2. The molecule has 0 radical (unpaired) electrons. The van der Waals surface area contributed by atoms with Gasteiger partial charge in [-0.2, -0.15) is 0 Å². The number of imidazole rings is 1. The number of carbonyl (C=O) groups is 4. The molecule has 0 fully saturated rings. The van der Waals surface area contributed by atoms with Crippen LogP contribution in [0.4, 0.5) is 0 Å². The van der Waals surface area contributed by atoms with Gasteiger partial charge in [0.1, 0.15) is 18.1 Å². The summed E-state index contributed by atoms with van der Waals surface area (Å²) >= 11 is 0. The summed E-state index contributed by atoms with van der Waals surface area (Å²) in [7, 11) is 0. The maximum absolute atomic E-state index is 12.8. The Morgan fingerprint density at radius 1 is 1.06 bits per heavy atom. The zero-order valence-corrected chi connectivity index (χ0v) is 18.8. The second kappa shape index (κ2) is 13.4. The third-order valence-electron chi connectivity index (χ3n) is 4.90. The van der Waals surface area contributed by atoms with Gasteiger partial charge in [-0.25, -0.2) is 9.78 Å². The number of H-pyrrole nitrogens is 1. The first-order valence-electron chi connectivity index (χ1n) is 10.6. The molecule has 1 aromatic heterocycles. The van der Waals surface area contributed by atoms with Gasteiger partial charge in [0.25, 0.3) is 0 Å². The number of carbonyl (C=O) groups excluding carboxylic acids is 3. The molecule has 1 heterocycles. The summed E-state index contributed by atoms with van der Waals surface area (Å²) in [5.41, 5.74) is 11.8. The number of nitrogens with zero attached hydrogens (tertiary/aromatic N) is 1. The first-order valence-corrected chi connectivity index (χ1v) is 10.6. The van der Waals surface area contributed by atoms with Crippen LogP contribution in [0, 0.1) is 5.92 Å². The highest BCUT2D eigenvalue weighted by molar-refractivity contribution is 5.94. The molecule has 12 heteroatoms. The monoisotopic (exact) mass is 453 g/mol. The Kier molecular flexibility index (Phi) is 11.3. The zero-order chi connectivity index (χ0) is 24.3. The van der Waals surface area contributed by atoms with Crippen LogP contribution in [0.3, 0.4) is 0 Å². The molecule has 0 aliphatic rings. The van der Waals surface area contributed by atoms with Crippen molar-refractivity contribution < 1.29 is 24.3 Å². The SMILES string of the molecule is CC(NC(=O)C(N)CCCCN)C(=O)NC(Cc1cnc[nH]1)C(=O)NC(C(=O)O)C(C)C. The van der Waals surface area contributed by atoms with Gasteiger partial charge in [0.2, 0.25) is 17.7 Å². The molecule has 0 saturated heterocycles. The lowest BCUT2D eigenvalue weighted by Crippen LogP contribution is -2.57. The molecule has 32 heavy (non-hydrogen) atoms. The molecule has 3 amide bonds. The van der Waals surface area contributed by atoms with Crippen LogP contribution in [0.25, 0.3) is 0 Å². The fraction of sp³-hybridized carbons (Fsp3) is 0.650. The zero-order valence-electron chi connectivity index (χ0n) is 18.8. The van der Waals surface area contributed by atoms with E-state index >= 15 is 0 Å². The molecule has 4 unspecified atom stereocenters. The third kappa shape index (κ3) is 9.02. The number of hydrogen-bond acceptors (Lipinski definition) is 7. The molecule has 0 aliphatic carbocycles. The minimum Gasteiger partial charge on any atom is -0.480 e. The Labute approximate surface area is 187 Å². The van der Waals surface area contributed by atoms with Gasteiger partial charge in [-0.15, -0.1) is 0 Å². The summed E-state index contributed by atoms with van der Waals surface area (Å²) in [4.78, 5) is 55.8. The predicted octanol–water partition coefficient (Wildman–Crippen LogP) is -1.38. The summed E-state index contributed by atoms with van der Waals surface area (Å²) in [6.07, 6.45) is 4.85. The molecule has 12 nitrogen and oxygen atoms in total. The number of nitrogens with one attached hydrogen (secondary N) is 4. The Bertz CT molecular complexity index is 754. The first-order chi connectivity index (χ1) is 15.1. The van der Waals surface area contributed by atoms with E-state index in [4.69, 9.17) is 11.5 Å². The maximum Gasteiger partial charge on any atom is 0.326 e. The van der Waals surface area contributed by atoms with E-state index in [0.717, 1.165) is 6.42 Å². The van der Waals surface area contributed by atoms with E-state index in [9.17, 15) is 24.3 Å². The average Bonchev–Trinajstić information content (AvgIpc) is 3.23. The van der Waals surface area contributed by atoms with Gasteiger partial charge in [-0.05, 0) is 32.2 Å².